The largest absolute Gasteiger partial charge is 0.425 e. The second-order valence-electron chi connectivity index (χ2n) is 4.16. The fraction of sp³-hybridized carbons (Fsp3) is 0.0769. The minimum absolute atomic E-state index is 0.178. The molecule has 2 aromatic heterocycles. The van der Waals surface area contributed by atoms with Crippen molar-refractivity contribution in [1.29, 1.82) is 5.26 Å². The smallest absolute Gasteiger partial charge is 0.416 e. The SMILES string of the molecule is Cc1coc(=O)n1-c1noc2c(C#N)cc(C=O)cc12. The predicted octanol–water partition coefficient (Wildman–Crippen LogP) is 1.56. The molecule has 3 rings (SSSR count). The standard InChI is InChI=1S/C13H7N3O4/c1-7-6-19-13(18)16(7)12-10-3-8(5-17)2-9(4-14)11(10)20-15-12/h2-3,5-6H,1H3. The minimum Gasteiger partial charge on any atom is -0.416 e. The van der Waals surface area contributed by atoms with Crippen molar-refractivity contribution in [3.05, 3.63) is 45.8 Å². The molecule has 0 unspecified atom stereocenters. The van der Waals surface area contributed by atoms with Gasteiger partial charge in [-0.3, -0.25) is 4.79 Å². The van der Waals surface area contributed by atoms with E-state index in [9.17, 15) is 9.59 Å². The Morgan fingerprint density at radius 2 is 2.25 bits per heavy atom. The molecule has 0 saturated heterocycles. The number of aromatic nitrogens is 2. The van der Waals surface area contributed by atoms with E-state index in [-0.39, 0.29) is 17.0 Å². The number of carbonyl (C=O) groups excluding carboxylic acids is 1. The third-order valence-corrected chi connectivity index (χ3v) is 2.91. The van der Waals surface area contributed by atoms with Gasteiger partial charge in [-0.2, -0.15) is 5.26 Å². The number of benzene rings is 1. The van der Waals surface area contributed by atoms with Gasteiger partial charge in [0, 0.05) is 5.56 Å². The second kappa shape index (κ2) is 4.20. The van der Waals surface area contributed by atoms with E-state index in [0.29, 0.717) is 22.9 Å². The molecule has 2 heterocycles. The van der Waals surface area contributed by atoms with Crippen LogP contribution in [0.25, 0.3) is 16.8 Å². The number of rotatable bonds is 2. The lowest BCUT2D eigenvalue weighted by Gasteiger charge is -1.98. The maximum atomic E-state index is 11.7. The zero-order valence-electron chi connectivity index (χ0n) is 10.3. The van der Waals surface area contributed by atoms with Crippen LogP contribution in [0, 0.1) is 18.3 Å². The molecule has 7 heteroatoms. The average Bonchev–Trinajstić information content (AvgIpc) is 3.01. The summed E-state index contributed by atoms with van der Waals surface area (Å²) in [6.45, 7) is 1.67. The van der Waals surface area contributed by atoms with Gasteiger partial charge in [0.15, 0.2) is 11.4 Å². The number of aryl methyl sites for hydroxylation is 1. The Morgan fingerprint density at radius 3 is 2.85 bits per heavy atom. The molecule has 0 atom stereocenters. The van der Waals surface area contributed by atoms with E-state index in [4.69, 9.17) is 14.2 Å². The molecule has 0 aliphatic carbocycles. The van der Waals surface area contributed by atoms with Gasteiger partial charge in [0.05, 0.1) is 16.6 Å². The monoisotopic (exact) mass is 269 g/mol. The van der Waals surface area contributed by atoms with E-state index in [1.165, 1.54) is 23.0 Å². The highest BCUT2D eigenvalue weighted by Crippen LogP contribution is 2.26. The fourth-order valence-electron chi connectivity index (χ4n) is 2.00. The third kappa shape index (κ3) is 1.55. The Morgan fingerprint density at radius 1 is 1.45 bits per heavy atom. The fourth-order valence-corrected chi connectivity index (χ4v) is 2.00. The normalized spacial score (nSPS) is 10.6. The molecule has 0 spiro atoms. The van der Waals surface area contributed by atoms with Gasteiger partial charge in [-0.25, -0.2) is 9.36 Å². The van der Waals surface area contributed by atoms with Gasteiger partial charge in [-0.1, -0.05) is 5.16 Å². The molecule has 0 aliphatic heterocycles. The summed E-state index contributed by atoms with van der Waals surface area (Å²) in [5.74, 6) is -0.427. The van der Waals surface area contributed by atoms with Crippen LogP contribution in [0.3, 0.4) is 0 Å². The number of fused-ring (bicyclic) bond motifs is 1. The first-order chi connectivity index (χ1) is 9.65. The summed E-state index contributed by atoms with van der Waals surface area (Å²) in [7, 11) is 0. The van der Waals surface area contributed by atoms with E-state index in [1.807, 2.05) is 6.07 Å². The van der Waals surface area contributed by atoms with Gasteiger partial charge in [0.1, 0.15) is 18.6 Å². The first-order valence-electron chi connectivity index (χ1n) is 5.62. The van der Waals surface area contributed by atoms with Crippen LogP contribution >= 0.6 is 0 Å². The third-order valence-electron chi connectivity index (χ3n) is 2.91. The number of nitriles is 1. The highest BCUT2D eigenvalue weighted by Gasteiger charge is 2.18. The van der Waals surface area contributed by atoms with Gasteiger partial charge in [0.2, 0.25) is 0 Å². The molecule has 98 valence electrons. The van der Waals surface area contributed by atoms with Crippen molar-refractivity contribution in [2.45, 2.75) is 6.92 Å². The van der Waals surface area contributed by atoms with Crippen molar-refractivity contribution in [3.8, 4) is 11.9 Å². The molecule has 0 saturated carbocycles. The zero-order valence-corrected chi connectivity index (χ0v) is 10.3. The maximum absolute atomic E-state index is 11.7. The molecule has 1 aromatic carbocycles. The summed E-state index contributed by atoms with van der Waals surface area (Å²) in [6, 6.07) is 4.84. The quantitative estimate of drug-likeness (QED) is 0.654. The van der Waals surface area contributed by atoms with E-state index >= 15 is 0 Å². The van der Waals surface area contributed by atoms with Gasteiger partial charge in [0.25, 0.3) is 0 Å². The van der Waals surface area contributed by atoms with Crippen molar-refractivity contribution in [2.24, 2.45) is 0 Å². The molecular formula is C13H7N3O4. The molecule has 0 radical (unpaired) electrons. The molecule has 0 bridgehead atoms. The average molecular weight is 269 g/mol. The van der Waals surface area contributed by atoms with Crippen molar-refractivity contribution in [3.63, 3.8) is 0 Å². The summed E-state index contributed by atoms with van der Waals surface area (Å²) in [5, 5.41) is 13.3. The lowest BCUT2D eigenvalue weighted by atomic mass is 10.1. The molecule has 0 fully saturated rings. The molecular weight excluding hydrogens is 262 g/mol. The van der Waals surface area contributed by atoms with Gasteiger partial charge >= 0.3 is 5.76 Å². The number of hydrogen-bond acceptors (Lipinski definition) is 6. The van der Waals surface area contributed by atoms with Crippen molar-refractivity contribution >= 4 is 17.3 Å². The predicted molar refractivity (Wildman–Crippen MR) is 66.7 cm³/mol. The zero-order chi connectivity index (χ0) is 14.3. The summed E-state index contributed by atoms with van der Waals surface area (Å²) >= 11 is 0. The summed E-state index contributed by atoms with van der Waals surface area (Å²) in [6.07, 6.45) is 1.90. The van der Waals surface area contributed by atoms with E-state index < -0.39 is 5.76 Å². The van der Waals surface area contributed by atoms with Crippen LogP contribution in [0.5, 0.6) is 0 Å². The van der Waals surface area contributed by atoms with Crippen LogP contribution < -0.4 is 5.76 Å². The van der Waals surface area contributed by atoms with Crippen molar-refractivity contribution in [1.82, 2.24) is 9.72 Å². The molecule has 0 amide bonds. The molecule has 0 N–H and O–H groups in total. The lowest BCUT2D eigenvalue weighted by Crippen LogP contribution is -2.13. The Bertz CT molecular complexity index is 923. The van der Waals surface area contributed by atoms with Crippen LogP contribution in [0.1, 0.15) is 21.6 Å². The Hall–Kier alpha value is -3.14. The Kier molecular flexibility index (Phi) is 2.51. The number of oxazole rings is 1. The lowest BCUT2D eigenvalue weighted by molar-refractivity contribution is 0.112. The maximum Gasteiger partial charge on any atom is 0.425 e. The van der Waals surface area contributed by atoms with E-state index in [2.05, 4.69) is 5.16 Å². The molecule has 3 aromatic rings. The van der Waals surface area contributed by atoms with Crippen LogP contribution in [-0.4, -0.2) is 16.0 Å². The van der Waals surface area contributed by atoms with Gasteiger partial charge < -0.3 is 8.94 Å². The van der Waals surface area contributed by atoms with Crippen LogP contribution in [-0.2, 0) is 0 Å². The van der Waals surface area contributed by atoms with E-state index in [0.717, 1.165) is 0 Å². The Labute approximate surface area is 111 Å². The van der Waals surface area contributed by atoms with E-state index in [1.54, 1.807) is 6.92 Å². The topological polar surface area (TPSA) is 102 Å². The summed E-state index contributed by atoms with van der Waals surface area (Å²) in [5.41, 5.74) is 1.23. The van der Waals surface area contributed by atoms with Crippen molar-refractivity contribution < 1.29 is 13.7 Å². The first kappa shape index (κ1) is 11.9. The molecule has 7 nitrogen and oxygen atoms in total. The highest BCUT2D eigenvalue weighted by atomic mass is 16.5. The van der Waals surface area contributed by atoms with Gasteiger partial charge in [-0.05, 0) is 19.1 Å². The van der Waals surface area contributed by atoms with Gasteiger partial charge in [-0.15, -0.1) is 0 Å². The number of nitrogens with zero attached hydrogens (tertiary/aromatic N) is 3. The van der Waals surface area contributed by atoms with Crippen LogP contribution in [0.4, 0.5) is 0 Å². The molecule has 0 aliphatic rings. The van der Waals surface area contributed by atoms with Crippen LogP contribution in [0.15, 0.2) is 32.1 Å². The van der Waals surface area contributed by atoms with Crippen LogP contribution in [0.2, 0.25) is 0 Å². The summed E-state index contributed by atoms with van der Waals surface area (Å²) < 4.78 is 11.1. The molecule has 20 heavy (non-hydrogen) atoms. The minimum atomic E-state index is -0.618. The Balaban J connectivity index is 2.43. The number of carbonyl (C=O) groups is 1. The number of hydrogen-bond donors (Lipinski definition) is 0. The highest BCUT2D eigenvalue weighted by molar-refractivity contribution is 5.93. The first-order valence-corrected chi connectivity index (χ1v) is 5.62. The number of aldehydes is 1. The summed E-state index contributed by atoms with van der Waals surface area (Å²) in [4.78, 5) is 22.6. The second-order valence-corrected chi connectivity index (χ2v) is 4.16. The van der Waals surface area contributed by atoms with Crippen molar-refractivity contribution in [2.75, 3.05) is 0 Å².